The average Bonchev–Trinajstić information content (AvgIpc) is 2.39. The summed E-state index contributed by atoms with van der Waals surface area (Å²) >= 11 is 6.15. The van der Waals surface area contributed by atoms with E-state index in [1.54, 1.807) is 6.20 Å². The molecule has 2 rings (SSSR count). The van der Waals surface area contributed by atoms with E-state index in [1.165, 1.54) is 0 Å². The van der Waals surface area contributed by atoms with Crippen molar-refractivity contribution in [2.45, 2.75) is 32.8 Å². The molecule has 0 spiro atoms. The molecule has 0 aliphatic carbocycles. The van der Waals surface area contributed by atoms with Gasteiger partial charge in [-0.3, -0.25) is 4.98 Å². The topological polar surface area (TPSA) is 33.1 Å². The van der Waals surface area contributed by atoms with Crippen LogP contribution in [0.25, 0.3) is 10.9 Å². The molecule has 1 aromatic heterocycles. The molecule has 0 amide bonds. The van der Waals surface area contributed by atoms with E-state index in [4.69, 9.17) is 11.6 Å². The fourth-order valence-corrected chi connectivity index (χ4v) is 2.32. The van der Waals surface area contributed by atoms with Crippen LogP contribution in [-0.4, -0.2) is 10.1 Å². The minimum Gasteiger partial charge on any atom is -0.388 e. The smallest absolute Gasteiger partial charge is 0.0813 e. The molecule has 1 heterocycles. The Bertz CT molecular complexity index is 541. The fraction of sp³-hybridized carbons (Fsp3) is 0.400. The van der Waals surface area contributed by atoms with Crippen LogP contribution in [0, 0.1) is 5.92 Å². The summed E-state index contributed by atoms with van der Waals surface area (Å²) in [6.07, 6.45) is 3.08. The van der Waals surface area contributed by atoms with E-state index >= 15 is 0 Å². The molecular formula is C15H18ClNO. The van der Waals surface area contributed by atoms with Crippen molar-refractivity contribution in [3.8, 4) is 0 Å². The molecule has 0 saturated carbocycles. The lowest BCUT2D eigenvalue weighted by atomic mass is 9.95. The maximum absolute atomic E-state index is 10.3. The second-order valence-corrected chi connectivity index (χ2v) is 5.21. The Labute approximate surface area is 113 Å². The number of benzene rings is 1. The zero-order valence-electron chi connectivity index (χ0n) is 10.7. The first kappa shape index (κ1) is 13.3. The number of hydrogen-bond donors (Lipinski definition) is 1. The van der Waals surface area contributed by atoms with Crippen LogP contribution in [0.3, 0.4) is 0 Å². The molecule has 0 bridgehead atoms. The van der Waals surface area contributed by atoms with Crippen molar-refractivity contribution in [2.24, 2.45) is 5.92 Å². The van der Waals surface area contributed by atoms with Crippen LogP contribution in [0.2, 0.25) is 5.02 Å². The molecular weight excluding hydrogens is 246 g/mol. The third-order valence-corrected chi connectivity index (χ3v) is 3.76. The van der Waals surface area contributed by atoms with Gasteiger partial charge in [0.05, 0.1) is 11.6 Å². The SMILES string of the molecule is CCC(C)CC(O)c1ccc(Cl)c2cccnc12. The first-order chi connectivity index (χ1) is 8.63. The molecule has 2 nitrogen and oxygen atoms in total. The zero-order valence-corrected chi connectivity index (χ0v) is 11.5. The van der Waals surface area contributed by atoms with Crippen LogP contribution in [0.15, 0.2) is 30.5 Å². The summed E-state index contributed by atoms with van der Waals surface area (Å²) in [5.41, 5.74) is 1.68. The highest BCUT2D eigenvalue weighted by molar-refractivity contribution is 6.35. The standard InChI is InChI=1S/C15H18ClNO/c1-3-10(2)9-14(18)12-6-7-13(16)11-5-4-8-17-15(11)12/h4-8,10,14,18H,3,9H2,1-2H3. The molecule has 2 atom stereocenters. The van der Waals surface area contributed by atoms with Crippen molar-refractivity contribution >= 4 is 22.5 Å². The monoisotopic (exact) mass is 263 g/mol. The number of aromatic nitrogens is 1. The highest BCUT2D eigenvalue weighted by Gasteiger charge is 2.15. The van der Waals surface area contributed by atoms with Crippen LogP contribution in [-0.2, 0) is 0 Å². The number of aliphatic hydroxyl groups excluding tert-OH is 1. The number of nitrogens with zero attached hydrogens (tertiary/aromatic N) is 1. The third-order valence-electron chi connectivity index (χ3n) is 3.43. The quantitative estimate of drug-likeness (QED) is 0.889. The van der Waals surface area contributed by atoms with Crippen molar-refractivity contribution in [2.75, 3.05) is 0 Å². The van der Waals surface area contributed by atoms with Crippen LogP contribution in [0.1, 0.15) is 38.4 Å². The van der Waals surface area contributed by atoms with Crippen molar-refractivity contribution in [1.29, 1.82) is 0 Å². The Morgan fingerprint density at radius 1 is 1.33 bits per heavy atom. The van der Waals surface area contributed by atoms with Crippen LogP contribution in [0.4, 0.5) is 0 Å². The molecule has 96 valence electrons. The molecule has 2 aromatic rings. The van der Waals surface area contributed by atoms with Crippen molar-refractivity contribution in [3.63, 3.8) is 0 Å². The first-order valence-electron chi connectivity index (χ1n) is 6.34. The van der Waals surface area contributed by atoms with Crippen LogP contribution in [0.5, 0.6) is 0 Å². The largest absolute Gasteiger partial charge is 0.388 e. The lowest BCUT2D eigenvalue weighted by Crippen LogP contribution is -2.05. The second-order valence-electron chi connectivity index (χ2n) is 4.80. The number of pyridine rings is 1. The van der Waals surface area contributed by atoms with Gasteiger partial charge >= 0.3 is 0 Å². The Morgan fingerprint density at radius 3 is 2.83 bits per heavy atom. The van der Waals surface area contributed by atoms with Crippen molar-refractivity contribution in [3.05, 3.63) is 41.0 Å². The molecule has 0 aliphatic rings. The van der Waals surface area contributed by atoms with E-state index in [1.807, 2.05) is 24.3 Å². The summed E-state index contributed by atoms with van der Waals surface area (Å²) in [6.45, 7) is 4.28. The Morgan fingerprint density at radius 2 is 2.11 bits per heavy atom. The van der Waals surface area contributed by atoms with E-state index in [9.17, 15) is 5.11 Å². The minimum absolute atomic E-state index is 0.477. The minimum atomic E-state index is -0.477. The molecule has 1 aromatic carbocycles. The normalized spacial score (nSPS) is 14.7. The Hall–Kier alpha value is -1.12. The van der Waals surface area contributed by atoms with Gasteiger partial charge in [-0.05, 0) is 30.5 Å². The fourth-order valence-electron chi connectivity index (χ4n) is 2.10. The molecule has 3 heteroatoms. The van der Waals surface area contributed by atoms with E-state index in [0.717, 1.165) is 29.3 Å². The predicted molar refractivity (Wildman–Crippen MR) is 75.8 cm³/mol. The number of fused-ring (bicyclic) bond motifs is 1. The van der Waals surface area contributed by atoms with E-state index < -0.39 is 6.10 Å². The van der Waals surface area contributed by atoms with Gasteiger partial charge in [0.15, 0.2) is 0 Å². The highest BCUT2D eigenvalue weighted by Crippen LogP contribution is 2.31. The lowest BCUT2D eigenvalue weighted by Gasteiger charge is -2.17. The van der Waals surface area contributed by atoms with Gasteiger partial charge in [0.2, 0.25) is 0 Å². The Balaban J connectivity index is 2.42. The van der Waals surface area contributed by atoms with Gasteiger partial charge in [0.25, 0.3) is 0 Å². The number of halogens is 1. The molecule has 0 saturated heterocycles. The Kier molecular flexibility index (Phi) is 4.20. The van der Waals surface area contributed by atoms with Crippen LogP contribution < -0.4 is 0 Å². The zero-order chi connectivity index (χ0) is 13.1. The molecule has 0 radical (unpaired) electrons. The van der Waals surface area contributed by atoms with Gasteiger partial charge in [0.1, 0.15) is 0 Å². The molecule has 2 unspecified atom stereocenters. The van der Waals surface area contributed by atoms with Crippen LogP contribution >= 0.6 is 11.6 Å². The predicted octanol–water partition coefficient (Wildman–Crippen LogP) is 4.36. The molecule has 0 aliphatic heterocycles. The van der Waals surface area contributed by atoms with E-state index in [-0.39, 0.29) is 0 Å². The summed E-state index contributed by atoms with van der Waals surface area (Å²) in [4.78, 5) is 4.35. The maximum atomic E-state index is 10.3. The van der Waals surface area contributed by atoms with Crippen molar-refractivity contribution in [1.82, 2.24) is 4.98 Å². The van der Waals surface area contributed by atoms with E-state index in [2.05, 4.69) is 18.8 Å². The van der Waals surface area contributed by atoms with Gasteiger partial charge in [-0.15, -0.1) is 0 Å². The van der Waals surface area contributed by atoms with Gasteiger partial charge in [-0.25, -0.2) is 0 Å². The maximum Gasteiger partial charge on any atom is 0.0813 e. The number of aliphatic hydroxyl groups is 1. The summed E-state index contributed by atoms with van der Waals surface area (Å²) in [5.74, 6) is 0.495. The first-order valence-corrected chi connectivity index (χ1v) is 6.72. The number of hydrogen-bond acceptors (Lipinski definition) is 2. The summed E-state index contributed by atoms with van der Waals surface area (Å²) in [7, 11) is 0. The summed E-state index contributed by atoms with van der Waals surface area (Å²) in [5, 5.41) is 11.9. The van der Waals surface area contributed by atoms with E-state index in [0.29, 0.717) is 10.9 Å². The molecule has 18 heavy (non-hydrogen) atoms. The molecule has 0 fully saturated rings. The van der Waals surface area contributed by atoms with Gasteiger partial charge < -0.3 is 5.11 Å². The second kappa shape index (κ2) is 5.68. The highest BCUT2D eigenvalue weighted by atomic mass is 35.5. The number of rotatable bonds is 4. The van der Waals surface area contributed by atoms with Gasteiger partial charge in [-0.1, -0.05) is 37.9 Å². The average molecular weight is 264 g/mol. The summed E-state index contributed by atoms with van der Waals surface area (Å²) in [6, 6.07) is 7.51. The molecule has 1 N–H and O–H groups in total. The lowest BCUT2D eigenvalue weighted by molar-refractivity contribution is 0.147. The van der Waals surface area contributed by atoms with Crippen molar-refractivity contribution < 1.29 is 5.11 Å². The third kappa shape index (κ3) is 2.65. The van der Waals surface area contributed by atoms with Gasteiger partial charge in [-0.2, -0.15) is 0 Å². The van der Waals surface area contributed by atoms with Gasteiger partial charge in [0, 0.05) is 22.2 Å². The summed E-state index contributed by atoms with van der Waals surface area (Å²) < 4.78 is 0.